The maximum Gasteiger partial charge on any atom is 0.319 e. The number of nitrogens with zero attached hydrogens (tertiary/aromatic N) is 2. The van der Waals surface area contributed by atoms with E-state index < -0.39 is 10.0 Å². The highest BCUT2D eigenvalue weighted by Gasteiger charge is 2.12. The van der Waals surface area contributed by atoms with Crippen LogP contribution in [0, 0.1) is 6.92 Å². The average Bonchev–Trinajstić information content (AvgIpc) is 3.02. The monoisotopic (exact) mass is 365 g/mol. The maximum absolute atomic E-state index is 12.1. The van der Waals surface area contributed by atoms with Gasteiger partial charge in [0.1, 0.15) is 0 Å². The smallest absolute Gasteiger partial charge is 0.319 e. The number of benzene rings is 1. The predicted molar refractivity (Wildman–Crippen MR) is 95.9 cm³/mol. The van der Waals surface area contributed by atoms with E-state index in [1.807, 2.05) is 13.8 Å². The number of anilines is 1. The number of carbonyl (C=O) groups is 1. The van der Waals surface area contributed by atoms with Gasteiger partial charge in [0, 0.05) is 25.8 Å². The lowest BCUT2D eigenvalue weighted by atomic mass is 10.2. The average molecular weight is 365 g/mol. The van der Waals surface area contributed by atoms with Gasteiger partial charge in [-0.15, -0.1) is 0 Å². The van der Waals surface area contributed by atoms with Gasteiger partial charge in [-0.05, 0) is 32.4 Å². The van der Waals surface area contributed by atoms with E-state index in [2.05, 4.69) is 20.5 Å². The van der Waals surface area contributed by atoms with Crippen LogP contribution in [0.4, 0.5) is 10.5 Å². The van der Waals surface area contributed by atoms with Crippen molar-refractivity contribution in [1.29, 1.82) is 0 Å². The van der Waals surface area contributed by atoms with Crippen molar-refractivity contribution in [2.45, 2.75) is 31.7 Å². The van der Waals surface area contributed by atoms with Gasteiger partial charge < -0.3 is 10.6 Å². The van der Waals surface area contributed by atoms with Gasteiger partial charge in [-0.2, -0.15) is 5.10 Å². The summed E-state index contributed by atoms with van der Waals surface area (Å²) in [4.78, 5) is 12.0. The zero-order chi connectivity index (χ0) is 18.3. The van der Waals surface area contributed by atoms with Crippen LogP contribution >= 0.6 is 0 Å². The zero-order valence-corrected chi connectivity index (χ0v) is 15.1. The second-order valence-electron chi connectivity index (χ2n) is 5.53. The molecule has 136 valence electrons. The minimum Gasteiger partial charge on any atom is -0.338 e. The number of urea groups is 1. The summed E-state index contributed by atoms with van der Waals surface area (Å²) in [6.45, 7) is 5.17. The molecule has 0 radical (unpaired) electrons. The molecule has 0 aliphatic heterocycles. The molecule has 0 atom stereocenters. The van der Waals surface area contributed by atoms with Gasteiger partial charge in [0.25, 0.3) is 0 Å². The third kappa shape index (κ3) is 5.87. The first-order valence-corrected chi connectivity index (χ1v) is 9.52. The Morgan fingerprint density at radius 1 is 1.20 bits per heavy atom. The number of carbonyl (C=O) groups excluding carboxylic acids is 1. The number of hydrogen-bond acceptors (Lipinski definition) is 4. The van der Waals surface area contributed by atoms with Gasteiger partial charge in [0.2, 0.25) is 10.0 Å². The van der Waals surface area contributed by atoms with Gasteiger partial charge in [0.05, 0.1) is 16.8 Å². The van der Waals surface area contributed by atoms with E-state index in [1.165, 1.54) is 0 Å². The fraction of sp³-hybridized carbons (Fsp3) is 0.375. The van der Waals surface area contributed by atoms with E-state index in [4.69, 9.17) is 0 Å². The first-order chi connectivity index (χ1) is 11.9. The summed E-state index contributed by atoms with van der Waals surface area (Å²) < 4.78 is 28.4. The summed E-state index contributed by atoms with van der Waals surface area (Å²) in [5, 5.41) is 9.39. The maximum atomic E-state index is 12.1. The molecule has 9 heteroatoms. The van der Waals surface area contributed by atoms with Crippen molar-refractivity contribution < 1.29 is 13.2 Å². The van der Waals surface area contributed by atoms with Crippen LogP contribution < -0.4 is 15.4 Å². The Morgan fingerprint density at radius 2 is 1.92 bits per heavy atom. The van der Waals surface area contributed by atoms with Gasteiger partial charge in [-0.1, -0.05) is 17.7 Å². The van der Waals surface area contributed by atoms with Crippen molar-refractivity contribution in [2.24, 2.45) is 0 Å². The lowest BCUT2D eigenvalue weighted by Gasteiger charge is -2.08. The molecule has 3 N–H and O–H groups in total. The van der Waals surface area contributed by atoms with E-state index >= 15 is 0 Å². The molecule has 1 aromatic heterocycles. The van der Waals surface area contributed by atoms with Gasteiger partial charge in [0.15, 0.2) is 0 Å². The molecule has 0 unspecified atom stereocenters. The van der Waals surface area contributed by atoms with Crippen LogP contribution in [-0.4, -0.2) is 37.3 Å². The standard InChI is InChI=1S/C16H23N5O3S/c1-3-21-12-14(11-18-21)20-16(22)17-9-4-10-19-25(23,24)15-7-5-13(2)6-8-15/h5-8,11-12,19H,3-4,9-10H2,1-2H3,(H2,17,20,22). The number of amides is 2. The highest BCUT2D eigenvalue weighted by Crippen LogP contribution is 2.09. The molecule has 2 rings (SSSR count). The Hall–Kier alpha value is -2.39. The summed E-state index contributed by atoms with van der Waals surface area (Å²) in [5.74, 6) is 0. The molecule has 8 nitrogen and oxygen atoms in total. The van der Waals surface area contributed by atoms with Gasteiger partial charge in [-0.25, -0.2) is 17.9 Å². The van der Waals surface area contributed by atoms with E-state index in [-0.39, 0.29) is 17.5 Å². The van der Waals surface area contributed by atoms with Crippen LogP contribution in [0.3, 0.4) is 0 Å². The second kappa shape index (κ2) is 8.63. The fourth-order valence-corrected chi connectivity index (χ4v) is 3.15. The normalized spacial score (nSPS) is 11.3. The molecule has 1 aromatic carbocycles. The largest absolute Gasteiger partial charge is 0.338 e. The molecular formula is C16H23N5O3S. The quantitative estimate of drug-likeness (QED) is 0.619. The van der Waals surface area contributed by atoms with Crippen molar-refractivity contribution in [2.75, 3.05) is 18.4 Å². The van der Waals surface area contributed by atoms with Gasteiger partial charge in [-0.3, -0.25) is 4.68 Å². The molecule has 0 saturated carbocycles. The van der Waals surface area contributed by atoms with Crippen LogP contribution in [-0.2, 0) is 16.6 Å². The summed E-state index contributed by atoms with van der Waals surface area (Å²) in [5.41, 5.74) is 1.61. The molecule has 1 heterocycles. The highest BCUT2D eigenvalue weighted by atomic mass is 32.2. The Bertz CT molecular complexity index is 799. The van der Waals surface area contributed by atoms with Gasteiger partial charge >= 0.3 is 6.03 Å². The molecule has 0 aliphatic rings. The van der Waals surface area contributed by atoms with Crippen LogP contribution in [0.5, 0.6) is 0 Å². The van der Waals surface area contributed by atoms with Crippen LogP contribution in [0.1, 0.15) is 18.9 Å². The minimum atomic E-state index is -3.52. The molecule has 0 bridgehead atoms. The van der Waals surface area contributed by atoms with Crippen molar-refractivity contribution in [3.8, 4) is 0 Å². The third-order valence-electron chi connectivity index (χ3n) is 3.48. The van der Waals surface area contributed by atoms with E-state index in [1.54, 1.807) is 41.3 Å². The molecule has 0 fully saturated rings. The number of aryl methyl sites for hydroxylation is 2. The van der Waals surface area contributed by atoms with Crippen LogP contribution in [0.25, 0.3) is 0 Å². The fourth-order valence-electron chi connectivity index (χ4n) is 2.07. The van der Waals surface area contributed by atoms with Crippen molar-refractivity contribution in [3.05, 3.63) is 42.2 Å². The number of nitrogens with one attached hydrogen (secondary N) is 3. The molecule has 0 spiro atoms. The Kier molecular flexibility index (Phi) is 6.54. The number of rotatable bonds is 8. The molecule has 2 amide bonds. The lowest BCUT2D eigenvalue weighted by Crippen LogP contribution is -2.32. The highest BCUT2D eigenvalue weighted by molar-refractivity contribution is 7.89. The molecule has 0 aliphatic carbocycles. The molecule has 25 heavy (non-hydrogen) atoms. The Labute approximate surface area is 147 Å². The summed E-state index contributed by atoms with van der Waals surface area (Å²) in [7, 11) is -3.52. The van der Waals surface area contributed by atoms with Crippen LogP contribution in [0.2, 0.25) is 0 Å². The van der Waals surface area contributed by atoms with E-state index in [9.17, 15) is 13.2 Å². The second-order valence-corrected chi connectivity index (χ2v) is 7.30. The van der Waals surface area contributed by atoms with Crippen molar-refractivity contribution in [1.82, 2.24) is 19.8 Å². The van der Waals surface area contributed by atoms with Crippen molar-refractivity contribution >= 4 is 21.7 Å². The molecular weight excluding hydrogens is 342 g/mol. The van der Waals surface area contributed by atoms with Crippen LogP contribution in [0.15, 0.2) is 41.6 Å². The summed E-state index contributed by atoms with van der Waals surface area (Å²) in [6, 6.07) is 6.29. The zero-order valence-electron chi connectivity index (χ0n) is 14.3. The summed E-state index contributed by atoms with van der Waals surface area (Å²) >= 11 is 0. The lowest BCUT2D eigenvalue weighted by molar-refractivity contribution is 0.252. The number of sulfonamides is 1. The van der Waals surface area contributed by atoms with E-state index in [0.29, 0.717) is 18.7 Å². The van der Waals surface area contributed by atoms with Crippen molar-refractivity contribution in [3.63, 3.8) is 0 Å². The van der Waals surface area contributed by atoms with E-state index in [0.717, 1.165) is 12.1 Å². The summed E-state index contributed by atoms with van der Waals surface area (Å²) in [6.07, 6.45) is 3.78. The third-order valence-corrected chi connectivity index (χ3v) is 4.95. The SMILES string of the molecule is CCn1cc(NC(=O)NCCCNS(=O)(=O)c2ccc(C)cc2)cn1. The first-order valence-electron chi connectivity index (χ1n) is 8.04. The molecule has 2 aromatic rings. The molecule has 0 saturated heterocycles. The predicted octanol–water partition coefficient (Wildman–Crippen LogP) is 1.70. The Balaban J connectivity index is 1.68. The first kappa shape index (κ1) is 18.9. The number of hydrogen-bond donors (Lipinski definition) is 3. The Morgan fingerprint density at radius 3 is 2.56 bits per heavy atom. The topological polar surface area (TPSA) is 105 Å². The number of aromatic nitrogens is 2. The minimum absolute atomic E-state index is 0.233.